The first-order chi connectivity index (χ1) is 14.8. The third kappa shape index (κ3) is 4.79. The smallest absolute Gasteiger partial charge is 0.255 e. The molecule has 31 heavy (non-hydrogen) atoms. The number of hydrogen-bond donors (Lipinski definition) is 1. The van der Waals surface area contributed by atoms with E-state index in [1.807, 2.05) is 17.5 Å². The number of aromatic amines is 1. The molecule has 0 saturated carbocycles. The molecule has 0 saturated heterocycles. The molecule has 2 aromatic heterocycles. The molecule has 0 bridgehead atoms. The van der Waals surface area contributed by atoms with E-state index in [1.54, 1.807) is 24.8 Å². The summed E-state index contributed by atoms with van der Waals surface area (Å²) in [5.74, 6) is -0.359. The maximum atomic E-state index is 13.4. The van der Waals surface area contributed by atoms with Crippen LogP contribution in [0, 0.1) is 0 Å². The molecule has 7 nitrogen and oxygen atoms in total. The van der Waals surface area contributed by atoms with Gasteiger partial charge in [0.1, 0.15) is 0 Å². The van der Waals surface area contributed by atoms with E-state index >= 15 is 0 Å². The van der Waals surface area contributed by atoms with Crippen molar-refractivity contribution in [2.75, 3.05) is 19.6 Å². The van der Waals surface area contributed by atoms with Gasteiger partial charge < -0.3 is 9.88 Å². The molecule has 0 radical (unpaired) electrons. The zero-order valence-corrected chi connectivity index (χ0v) is 19.1. The normalized spacial score (nSPS) is 11.7. The number of hydrogen-bond acceptors (Lipinski definition) is 5. The quantitative estimate of drug-likeness (QED) is 0.496. The maximum Gasteiger partial charge on any atom is 0.255 e. The average molecular weight is 460 g/mol. The highest BCUT2D eigenvalue weighted by Crippen LogP contribution is 2.24. The predicted molar refractivity (Wildman–Crippen MR) is 124 cm³/mol. The highest BCUT2D eigenvalue weighted by atomic mass is 32.2. The summed E-state index contributed by atoms with van der Waals surface area (Å²) < 4.78 is 27.3. The average Bonchev–Trinajstić information content (AvgIpc) is 3.25. The van der Waals surface area contributed by atoms with Gasteiger partial charge in [-0.25, -0.2) is 8.42 Å². The van der Waals surface area contributed by atoms with Gasteiger partial charge in [0, 0.05) is 41.5 Å². The number of rotatable bonds is 9. The Morgan fingerprint density at radius 1 is 1.19 bits per heavy atom. The second-order valence-electron chi connectivity index (χ2n) is 6.90. The van der Waals surface area contributed by atoms with Crippen molar-refractivity contribution >= 4 is 38.2 Å². The molecule has 164 valence electrons. The minimum Gasteiger partial charge on any atom is -0.330 e. The van der Waals surface area contributed by atoms with Crippen molar-refractivity contribution in [2.45, 2.75) is 25.3 Å². The van der Waals surface area contributed by atoms with Crippen LogP contribution in [0.25, 0.3) is 10.9 Å². The number of carbonyl (C=O) groups is 1. The summed E-state index contributed by atoms with van der Waals surface area (Å²) in [6, 6.07) is 9.50. The third-order valence-electron chi connectivity index (χ3n) is 4.95. The number of carbonyl (C=O) groups excluding carboxylic acids is 1. The zero-order valence-electron chi connectivity index (χ0n) is 17.5. The highest BCUT2D eigenvalue weighted by molar-refractivity contribution is 7.89. The van der Waals surface area contributed by atoms with Crippen LogP contribution in [0.2, 0.25) is 0 Å². The van der Waals surface area contributed by atoms with Gasteiger partial charge in [0.25, 0.3) is 5.91 Å². The summed E-state index contributed by atoms with van der Waals surface area (Å²) in [7, 11) is -3.71. The number of H-pyrrole nitrogens is 1. The van der Waals surface area contributed by atoms with Crippen LogP contribution < -0.4 is 5.56 Å². The van der Waals surface area contributed by atoms with E-state index in [9.17, 15) is 18.0 Å². The van der Waals surface area contributed by atoms with Gasteiger partial charge in [0.2, 0.25) is 15.6 Å². The maximum absolute atomic E-state index is 13.4. The fourth-order valence-electron chi connectivity index (χ4n) is 3.42. The van der Waals surface area contributed by atoms with Crippen LogP contribution in [-0.2, 0) is 16.6 Å². The lowest BCUT2D eigenvalue weighted by Crippen LogP contribution is -2.32. The molecule has 0 aliphatic rings. The van der Waals surface area contributed by atoms with Crippen LogP contribution in [0.3, 0.4) is 0 Å². The molecule has 9 heteroatoms. The van der Waals surface area contributed by atoms with Gasteiger partial charge in [0.05, 0.1) is 17.0 Å². The van der Waals surface area contributed by atoms with E-state index in [-0.39, 0.29) is 16.4 Å². The molecule has 0 unspecified atom stereocenters. The predicted octanol–water partition coefficient (Wildman–Crippen LogP) is 3.45. The van der Waals surface area contributed by atoms with Crippen molar-refractivity contribution < 1.29 is 13.2 Å². The number of amides is 1. The van der Waals surface area contributed by atoms with E-state index in [4.69, 9.17) is 0 Å². The largest absolute Gasteiger partial charge is 0.330 e. The Balaban J connectivity index is 2.13. The molecular weight excluding hydrogens is 434 g/mol. The Labute approximate surface area is 185 Å². The molecule has 3 rings (SSSR count). The number of aromatic nitrogens is 1. The summed E-state index contributed by atoms with van der Waals surface area (Å²) in [5.41, 5.74) is 0.141. The number of nitrogens with one attached hydrogen (secondary N) is 1. The number of fused-ring (bicyclic) bond motifs is 1. The second-order valence-corrected chi connectivity index (χ2v) is 9.87. The van der Waals surface area contributed by atoms with Crippen molar-refractivity contribution in [2.24, 2.45) is 0 Å². The number of nitrogens with zero attached hydrogens (tertiary/aromatic N) is 2. The fourth-order valence-corrected chi connectivity index (χ4v) is 5.62. The minimum atomic E-state index is -3.71. The van der Waals surface area contributed by atoms with Crippen LogP contribution in [0.15, 0.2) is 64.1 Å². The van der Waals surface area contributed by atoms with E-state index < -0.39 is 15.6 Å². The monoisotopic (exact) mass is 459 g/mol. The molecule has 0 spiro atoms. The first kappa shape index (κ1) is 22.9. The number of benzene rings is 1. The molecule has 1 aromatic carbocycles. The van der Waals surface area contributed by atoms with Gasteiger partial charge in [-0.1, -0.05) is 26.0 Å². The van der Waals surface area contributed by atoms with Crippen molar-refractivity contribution in [1.82, 2.24) is 14.2 Å². The number of pyridine rings is 1. The molecule has 1 amide bonds. The molecule has 0 aliphatic heterocycles. The van der Waals surface area contributed by atoms with Crippen molar-refractivity contribution in [1.29, 1.82) is 0 Å². The van der Waals surface area contributed by atoms with Crippen LogP contribution in [0.5, 0.6) is 0 Å². The first-order valence-electron chi connectivity index (χ1n) is 9.91. The van der Waals surface area contributed by atoms with Crippen molar-refractivity contribution in [3.63, 3.8) is 0 Å². The van der Waals surface area contributed by atoms with Gasteiger partial charge in [-0.2, -0.15) is 4.31 Å². The molecular formula is C22H25N3O4S2. The highest BCUT2D eigenvalue weighted by Gasteiger charge is 2.24. The molecule has 1 N–H and O–H groups in total. The summed E-state index contributed by atoms with van der Waals surface area (Å²) in [5, 5.41) is 2.32. The Morgan fingerprint density at radius 3 is 2.55 bits per heavy atom. The zero-order chi connectivity index (χ0) is 22.6. The Kier molecular flexibility index (Phi) is 7.09. The standard InChI is InChI=1S/C22H25N3O4S2/c1-4-11-24(15-16-8-7-12-30-16)22(27)19-14-21(26)23-20-10-9-17(13-18(19)20)31(28,29)25(5-2)6-3/h4,7-10,12-14H,1,5-6,11,15H2,2-3H3,(H,23,26). The first-order valence-corrected chi connectivity index (χ1v) is 12.2. The summed E-state index contributed by atoms with van der Waals surface area (Å²) in [6.07, 6.45) is 1.62. The summed E-state index contributed by atoms with van der Waals surface area (Å²) in [6.45, 7) is 8.60. The van der Waals surface area contributed by atoms with E-state index in [0.29, 0.717) is 37.1 Å². The van der Waals surface area contributed by atoms with Crippen LogP contribution in [0.4, 0.5) is 0 Å². The fraction of sp³-hybridized carbons (Fsp3) is 0.273. The van der Waals surface area contributed by atoms with Crippen molar-refractivity contribution in [3.8, 4) is 0 Å². The van der Waals surface area contributed by atoms with E-state index in [1.165, 1.54) is 39.9 Å². The molecule has 0 atom stereocenters. The van der Waals surface area contributed by atoms with Gasteiger partial charge in [-0.3, -0.25) is 9.59 Å². The molecule has 0 aliphatic carbocycles. The lowest BCUT2D eigenvalue weighted by molar-refractivity contribution is 0.0766. The lowest BCUT2D eigenvalue weighted by atomic mass is 10.1. The molecule has 2 heterocycles. The van der Waals surface area contributed by atoms with Gasteiger partial charge >= 0.3 is 0 Å². The Hall–Kier alpha value is -2.75. The number of sulfonamides is 1. The van der Waals surface area contributed by atoms with Crippen LogP contribution in [0.1, 0.15) is 29.1 Å². The lowest BCUT2D eigenvalue weighted by Gasteiger charge is -2.22. The van der Waals surface area contributed by atoms with E-state index in [0.717, 1.165) is 4.88 Å². The minimum absolute atomic E-state index is 0.0818. The summed E-state index contributed by atoms with van der Waals surface area (Å²) >= 11 is 1.53. The van der Waals surface area contributed by atoms with Crippen LogP contribution in [-0.4, -0.2) is 48.1 Å². The summed E-state index contributed by atoms with van der Waals surface area (Å²) in [4.78, 5) is 31.0. The SMILES string of the molecule is C=CCN(Cc1cccs1)C(=O)c1cc(=O)[nH]c2ccc(S(=O)(=O)N(CC)CC)cc12. The second kappa shape index (κ2) is 9.59. The van der Waals surface area contributed by atoms with Crippen LogP contribution >= 0.6 is 11.3 Å². The molecule has 3 aromatic rings. The van der Waals surface area contributed by atoms with E-state index in [2.05, 4.69) is 11.6 Å². The third-order valence-corrected chi connectivity index (χ3v) is 7.86. The molecule has 0 fully saturated rings. The topological polar surface area (TPSA) is 90.5 Å². The van der Waals surface area contributed by atoms with Crippen molar-refractivity contribution in [3.05, 3.63) is 75.2 Å². The number of thiophene rings is 1. The Bertz CT molecular complexity index is 1240. The van der Waals surface area contributed by atoms with Gasteiger partial charge in [-0.15, -0.1) is 17.9 Å². The van der Waals surface area contributed by atoms with Gasteiger partial charge in [-0.05, 0) is 29.6 Å². The Morgan fingerprint density at radius 2 is 1.94 bits per heavy atom. The van der Waals surface area contributed by atoms with Gasteiger partial charge in [0.15, 0.2) is 0 Å².